The Labute approximate surface area is 135 Å². The molecule has 0 fully saturated rings. The molecule has 0 spiro atoms. The fraction of sp³-hybridized carbons (Fsp3) is 0.118. The van der Waals surface area contributed by atoms with Crippen molar-refractivity contribution >= 4 is 17.2 Å². The summed E-state index contributed by atoms with van der Waals surface area (Å²) in [5.74, 6) is -1.39. The Morgan fingerprint density at radius 1 is 1.13 bits per heavy atom. The minimum absolute atomic E-state index is 0.180. The van der Waals surface area contributed by atoms with Gasteiger partial charge in [-0.1, -0.05) is 6.07 Å². The highest BCUT2D eigenvalue weighted by Gasteiger charge is 2.21. The predicted molar refractivity (Wildman–Crippen MR) is 83.0 cm³/mol. The van der Waals surface area contributed by atoms with Crippen LogP contribution in [0.25, 0.3) is 0 Å². The topological polar surface area (TPSA) is 33.5 Å². The van der Waals surface area contributed by atoms with E-state index in [2.05, 4.69) is 0 Å². The van der Waals surface area contributed by atoms with E-state index in [1.807, 2.05) is 17.5 Å². The van der Waals surface area contributed by atoms with Crippen LogP contribution in [0.3, 0.4) is 0 Å². The Morgan fingerprint density at radius 2 is 2.00 bits per heavy atom. The number of hydrogen-bond acceptors (Lipinski definition) is 3. The SMILES string of the molecule is O=C(c1cc(F)ccc1F)N(Cc1ccco1)Cc1cccs1. The van der Waals surface area contributed by atoms with E-state index in [-0.39, 0.29) is 12.1 Å². The fourth-order valence-electron chi connectivity index (χ4n) is 2.21. The van der Waals surface area contributed by atoms with Gasteiger partial charge >= 0.3 is 0 Å². The van der Waals surface area contributed by atoms with E-state index in [1.165, 1.54) is 22.5 Å². The maximum absolute atomic E-state index is 13.9. The molecule has 0 aliphatic rings. The highest BCUT2D eigenvalue weighted by Crippen LogP contribution is 2.19. The van der Waals surface area contributed by atoms with Crippen molar-refractivity contribution in [2.24, 2.45) is 0 Å². The number of carbonyl (C=O) groups excluding carboxylic acids is 1. The first kappa shape index (κ1) is 15.4. The van der Waals surface area contributed by atoms with Crippen LogP contribution in [-0.2, 0) is 13.1 Å². The van der Waals surface area contributed by atoms with Crippen molar-refractivity contribution < 1.29 is 18.0 Å². The zero-order valence-electron chi connectivity index (χ0n) is 12.0. The summed E-state index contributed by atoms with van der Waals surface area (Å²) in [6.45, 7) is 0.479. The van der Waals surface area contributed by atoms with Crippen LogP contribution in [-0.4, -0.2) is 10.8 Å². The Bertz CT molecular complexity index is 749. The van der Waals surface area contributed by atoms with Gasteiger partial charge in [-0.15, -0.1) is 11.3 Å². The van der Waals surface area contributed by atoms with Crippen molar-refractivity contribution in [1.29, 1.82) is 0 Å². The van der Waals surface area contributed by atoms with Gasteiger partial charge in [0.15, 0.2) is 0 Å². The normalized spacial score (nSPS) is 10.7. The van der Waals surface area contributed by atoms with E-state index >= 15 is 0 Å². The molecule has 0 N–H and O–H groups in total. The third-order valence-electron chi connectivity index (χ3n) is 3.30. The number of amides is 1. The Balaban J connectivity index is 1.89. The molecule has 118 valence electrons. The molecule has 0 radical (unpaired) electrons. The molecule has 2 heterocycles. The number of rotatable bonds is 5. The third kappa shape index (κ3) is 3.65. The molecule has 0 unspecified atom stereocenters. The number of furan rings is 1. The second kappa shape index (κ2) is 6.75. The minimum Gasteiger partial charge on any atom is -0.467 e. The predicted octanol–water partition coefficient (Wildman–Crippen LogP) is 4.46. The van der Waals surface area contributed by atoms with Crippen LogP contribution < -0.4 is 0 Å². The molecule has 1 amide bonds. The number of benzene rings is 1. The Hall–Kier alpha value is -2.47. The molecule has 0 aliphatic carbocycles. The number of carbonyl (C=O) groups is 1. The molecule has 0 bridgehead atoms. The van der Waals surface area contributed by atoms with E-state index in [0.29, 0.717) is 12.3 Å². The number of thiophene rings is 1. The Morgan fingerprint density at radius 3 is 2.70 bits per heavy atom. The third-order valence-corrected chi connectivity index (χ3v) is 4.16. The molecule has 0 aliphatic heterocycles. The summed E-state index contributed by atoms with van der Waals surface area (Å²) < 4.78 is 32.5. The van der Waals surface area contributed by atoms with Gasteiger partial charge in [-0.25, -0.2) is 8.78 Å². The summed E-state index contributed by atoms with van der Waals surface area (Å²) >= 11 is 1.49. The van der Waals surface area contributed by atoms with Gasteiger partial charge in [-0.05, 0) is 41.8 Å². The number of hydrogen-bond donors (Lipinski definition) is 0. The van der Waals surface area contributed by atoms with Gasteiger partial charge in [0.1, 0.15) is 17.4 Å². The smallest absolute Gasteiger partial charge is 0.257 e. The lowest BCUT2D eigenvalue weighted by Gasteiger charge is -2.21. The average Bonchev–Trinajstić information content (AvgIpc) is 3.22. The van der Waals surface area contributed by atoms with E-state index in [0.717, 1.165) is 23.1 Å². The molecule has 3 aromatic rings. The zero-order chi connectivity index (χ0) is 16.2. The summed E-state index contributed by atoms with van der Waals surface area (Å²) in [5, 5.41) is 1.90. The highest BCUT2D eigenvalue weighted by molar-refractivity contribution is 7.09. The molecule has 0 atom stereocenters. The number of nitrogens with zero attached hydrogens (tertiary/aromatic N) is 1. The minimum atomic E-state index is -0.743. The summed E-state index contributed by atoms with van der Waals surface area (Å²) in [5.41, 5.74) is -0.284. The highest BCUT2D eigenvalue weighted by atomic mass is 32.1. The van der Waals surface area contributed by atoms with Crippen LogP contribution in [0, 0.1) is 11.6 Å². The molecular weight excluding hydrogens is 320 g/mol. The first-order valence-corrected chi connectivity index (χ1v) is 7.80. The van der Waals surface area contributed by atoms with Gasteiger partial charge in [0.05, 0.1) is 24.9 Å². The lowest BCUT2D eigenvalue weighted by molar-refractivity contribution is 0.0714. The molecule has 0 saturated heterocycles. The molecule has 23 heavy (non-hydrogen) atoms. The van der Waals surface area contributed by atoms with Gasteiger partial charge in [-0.2, -0.15) is 0 Å². The van der Waals surface area contributed by atoms with Crippen LogP contribution in [0.2, 0.25) is 0 Å². The molecule has 6 heteroatoms. The van der Waals surface area contributed by atoms with E-state index in [9.17, 15) is 13.6 Å². The molecule has 3 nitrogen and oxygen atoms in total. The second-order valence-electron chi connectivity index (χ2n) is 4.94. The maximum Gasteiger partial charge on any atom is 0.257 e. The molecule has 2 aromatic heterocycles. The second-order valence-corrected chi connectivity index (χ2v) is 5.98. The zero-order valence-corrected chi connectivity index (χ0v) is 12.9. The lowest BCUT2D eigenvalue weighted by Crippen LogP contribution is -2.30. The first-order valence-electron chi connectivity index (χ1n) is 6.92. The van der Waals surface area contributed by atoms with Crippen LogP contribution in [0.5, 0.6) is 0 Å². The monoisotopic (exact) mass is 333 g/mol. The van der Waals surface area contributed by atoms with Gasteiger partial charge in [-0.3, -0.25) is 4.79 Å². The van der Waals surface area contributed by atoms with E-state index < -0.39 is 17.5 Å². The van der Waals surface area contributed by atoms with Crippen molar-refractivity contribution in [1.82, 2.24) is 4.90 Å². The van der Waals surface area contributed by atoms with Crippen molar-refractivity contribution in [2.75, 3.05) is 0 Å². The molecule has 1 aromatic carbocycles. The van der Waals surface area contributed by atoms with Crippen molar-refractivity contribution in [3.8, 4) is 0 Å². The standard InChI is InChI=1S/C17H13F2NO2S/c18-12-5-6-16(19)15(9-12)17(21)20(10-13-3-1-7-22-13)11-14-4-2-8-23-14/h1-9H,10-11H2. The van der Waals surface area contributed by atoms with Gasteiger partial charge < -0.3 is 9.32 Å². The number of halogens is 2. The summed E-state index contributed by atoms with van der Waals surface area (Å²) in [7, 11) is 0. The summed E-state index contributed by atoms with van der Waals surface area (Å²) in [6, 6.07) is 10.1. The quantitative estimate of drug-likeness (QED) is 0.690. The van der Waals surface area contributed by atoms with Crippen LogP contribution >= 0.6 is 11.3 Å². The maximum atomic E-state index is 13.9. The van der Waals surface area contributed by atoms with Gasteiger partial charge in [0.2, 0.25) is 0 Å². The molecule has 3 rings (SSSR count). The van der Waals surface area contributed by atoms with E-state index in [1.54, 1.807) is 12.1 Å². The molecule has 0 saturated carbocycles. The van der Waals surface area contributed by atoms with Crippen molar-refractivity contribution in [3.05, 3.63) is 81.9 Å². The summed E-state index contributed by atoms with van der Waals surface area (Å²) in [6.07, 6.45) is 1.51. The molecular formula is C17H13F2NO2S. The largest absolute Gasteiger partial charge is 0.467 e. The first-order chi connectivity index (χ1) is 11.1. The van der Waals surface area contributed by atoms with Crippen molar-refractivity contribution in [2.45, 2.75) is 13.1 Å². The summed E-state index contributed by atoms with van der Waals surface area (Å²) in [4.78, 5) is 15.0. The lowest BCUT2D eigenvalue weighted by atomic mass is 10.1. The fourth-order valence-corrected chi connectivity index (χ4v) is 2.93. The van der Waals surface area contributed by atoms with Crippen LogP contribution in [0.4, 0.5) is 8.78 Å². The Kier molecular flexibility index (Phi) is 4.52. The van der Waals surface area contributed by atoms with Crippen molar-refractivity contribution in [3.63, 3.8) is 0 Å². The van der Waals surface area contributed by atoms with Crippen LogP contribution in [0.1, 0.15) is 21.0 Å². The van der Waals surface area contributed by atoms with Crippen LogP contribution in [0.15, 0.2) is 58.5 Å². The van der Waals surface area contributed by atoms with Gasteiger partial charge in [0.25, 0.3) is 5.91 Å². The van der Waals surface area contributed by atoms with Gasteiger partial charge in [0, 0.05) is 4.88 Å². The average molecular weight is 333 g/mol. The van der Waals surface area contributed by atoms with E-state index in [4.69, 9.17) is 4.42 Å².